The summed E-state index contributed by atoms with van der Waals surface area (Å²) in [7, 11) is 0. The summed E-state index contributed by atoms with van der Waals surface area (Å²) in [6, 6.07) is 7.65. The summed E-state index contributed by atoms with van der Waals surface area (Å²) >= 11 is 3.36. The van der Waals surface area contributed by atoms with Gasteiger partial charge in [0.1, 0.15) is 0 Å². The number of carbonyl (C=O) groups excluding carboxylic acids is 2. The maximum Gasteiger partial charge on any atom is 0.237 e. The van der Waals surface area contributed by atoms with Crippen LogP contribution in [-0.4, -0.2) is 23.3 Å². The Labute approximate surface area is 122 Å². The molecule has 2 N–H and O–H groups in total. The molecule has 0 bridgehead atoms. The summed E-state index contributed by atoms with van der Waals surface area (Å²) in [6.45, 7) is 4.17. The number of nitrogens with two attached hydrogens (primary N) is 1. The van der Waals surface area contributed by atoms with E-state index in [2.05, 4.69) is 15.9 Å². The van der Waals surface area contributed by atoms with Gasteiger partial charge in [0.25, 0.3) is 0 Å². The first-order valence-electron chi connectivity index (χ1n) is 6.25. The highest BCUT2D eigenvalue weighted by Gasteiger charge is 2.20. The summed E-state index contributed by atoms with van der Waals surface area (Å²) in [5.41, 5.74) is 6.18. The molecule has 0 aliphatic rings. The van der Waals surface area contributed by atoms with Crippen LogP contribution in [0.25, 0.3) is 0 Å². The van der Waals surface area contributed by atoms with Crippen LogP contribution in [0, 0.1) is 5.92 Å². The van der Waals surface area contributed by atoms with Crippen molar-refractivity contribution in [2.24, 2.45) is 11.7 Å². The van der Waals surface area contributed by atoms with Crippen molar-refractivity contribution in [3.8, 4) is 0 Å². The third kappa shape index (κ3) is 5.03. The average molecular weight is 327 g/mol. The van der Waals surface area contributed by atoms with Crippen LogP contribution in [0.5, 0.6) is 0 Å². The molecule has 2 amide bonds. The van der Waals surface area contributed by atoms with Crippen LogP contribution < -0.4 is 5.73 Å². The largest absolute Gasteiger partial charge is 0.368 e. The quantitative estimate of drug-likeness (QED) is 0.871. The minimum Gasteiger partial charge on any atom is -0.368 e. The van der Waals surface area contributed by atoms with Gasteiger partial charge in [-0.05, 0) is 24.1 Å². The Morgan fingerprint density at radius 3 is 2.37 bits per heavy atom. The van der Waals surface area contributed by atoms with E-state index in [0.29, 0.717) is 6.54 Å². The van der Waals surface area contributed by atoms with Crippen LogP contribution in [0.2, 0.25) is 0 Å². The number of rotatable bonds is 6. The molecule has 0 heterocycles. The van der Waals surface area contributed by atoms with Gasteiger partial charge in [0, 0.05) is 16.9 Å². The molecule has 0 aromatic heterocycles. The second-order valence-corrected chi connectivity index (χ2v) is 5.51. The van der Waals surface area contributed by atoms with Gasteiger partial charge >= 0.3 is 0 Å². The zero-order valence-electron chi connectivity index (χ0n) is 11.2. The van der Waals surface area contributed by atoms with E-state index in [-0.39, 0.29) is 18.4 Å². The highest BCUT2D eigenvalue weighted by molar-refractivity contribution is 9.10. The van der Waals surface area contributed by atoms with E-state index in [1.807, 2.05) is 38.1 Å². The Morgan fingerprint density at radius 2 is 1.89 bits per heavy atom. The molecule has 0 spiro atoms. The zero-order valence-corrected chi connectivity index (χ0v) is 12.8. The van der Waals surface area contributed by atoms with E-state index in [0.717, 1.165) is 16.5 Å². The first kappa shape index (κ1) is 15.7. The van der Waals surface area contributed by atoms with E-state index in [4.69, 9.17) is 5.73 Å². The second kappa shape index (κ2) is 7.28. The Hall–Kier alpha value is -1.36. The third-order valence-electron chi connectivity index (χ3n) is 2.98. The molecule has 5 heteroatoms. The Bertz CT molecular complexity index is 445. The van der Waals surface area contributed by atoms with Crippen LogP contribution in [-0.2, 0) is 16.1 Å². The molecule has 1 rings (SSSR count). The second-order valence-electron chi connectivity index (χ2n) is 4.60. The number of hydrogen-bond acceptors (Lipinski definition) is 2. The lowest BCUT2D eigenvalue weighted by atomic mass is 10.1. The number of primary amides is 1. The van der Waals surface area contributed by atoms with Gasteiger partial charge in [0.15, 0.2) is 0 Å². The summed E-state index contributed by atoms with van der Waals surface area (Å²) < 4.78 is 0.978. The highest BCUT2D eigenvalue weighted by atomic mass is 79.9. The number of carbonyl (C=O) groups is 2. The smallest absolute Gasteiger partial charge is 0.237 e. The first-order valence-corrected chi connectivity index (χ1v) is 7.04. The predicted octanol–water partition coefficient (Wildman–Crippen LogP) is 2.31. The topological polar surface area (TPSA) is 63.4 Å². The number of benzene rings is 1. The maximum atomic E-state index is 12.2. The predicted molar refractivity (Wildman–Crippen MR) is 78.2 cm³/mol. The van der Waals surface area contributed by atoms with E-state index in [9.17, 15) is 9.59 Å². The Kier molecular flexibility index (Phi) is 6.02. The molecule has 0 radical (unpaired) electrons. The van der Waals surface area contributed by atoms with E-state index < -0.39 is 5.91 Å². The van der Waals surface area contributed by atoms with Crippen molar-refractivity contribution in [2.75, 3.05) is 6.54 Å². The van der Waals surface area contributed by atoms with Crippen molar-refractivity contribution < 1.29 is 9.59 Å². The number of halogens is 1. The molecule has 1 aromatic carbocycles. The molecule has 19 heavy (non-hydrogen) atoms. The number of hydrogen-bond donors (Lipinski definition) is 1. The van der Waals surface area contributed by atoms with Gasteiger partial charge in [-0.25, -0.2) is 0 Å². The van der Waals surface area contributed by atoms with E-state index in [1.54, 1.807) is 0 Å². The lowest BCUT2D eigenvalue weighted by Gasteiger charge is -2.24. The monoisotopic (exact) mass is 326 g/mol. The van der Waals surface area contributed by atoms with Crippen LogP contribution in [0.4, 0.5) is 0 Å². The van der Waals surface area contributed by atoms with Crippen molar-refractivity contribution >= 4 is 27.7 Å². The summed E-state index contributed by atoms with van der Waals surface area (Å²) in [5.74, 6) is -0.632. The average Bonchev–Trinajstić information content (AvgIpc) is 2.38. The van der Waals surface area contributed by atoms with Crippen molar-refractivity contribution in [1.29, 1.82) is 0 Å². The maximum absolute atomic E-state index is 12.2. The molecule has 1 unspecified atom stereocenters. The molecule has 0 saturated heterocycles. The van der Waals surface area contributed by atoms with Crippen molar-refractivity contribution in [3.63, 3.8) is 0 Å². The fraction of sp³-hybridized carbons (Fsp3) is 0.429. The summed E-state index contributed by atoms with van der Waals surface area (Å²) in [6.07, 6.45) is 0.744. The van der Waals surface area contributed by atoms with E-state index >= 15 is 0 Å². The molecule has 0 aliphatic heterocycles. The van der Waals surface area contributed by atoms with Crippen molar-refractivity contribution in [1.82, 2.24) is 4.90 Å². The van der Waals surface area contributed by atoms with Crippen LogP contribution in [0.15, 0.2) is 28.7 Å². The van der Waals surface area contributed by atoms with Gasteiger partial charge in [0.05, 0.1) is 6.54 Å². The normalized spacial score (nSPS) is 11.9. The zero-order chi connectivity index (χ0) is 14.4. The number of nitrogens with zero attached hydrogens (tertiary/aromatic N) is 1. The van der Waals surface area contributed by atoms with Crippen LogP contribution >= 0.6 is 15.9 Å². The van der Waals surface area contributed by atoms with Crippen LogP contribution in [0.3, 0.4) is 0 Å². The van der Waals surface area contributed by atoms with Crippen LogP contribution in [0.1, 0.15) is 25.8 Å². The lowest BCUT2D eigenvalue weighted by Crippen LogP contribution is -2.40. The lowest BCUT2D eigenvalue weighted by molar-refractivity contribution is -0.139. The molecule has 1 aromatic rings. The molecule has 1 atom stereocenters. The molecule has 0 fully saturated rings. The third-order valence-corrected chi connectivity index (χ3v) is 3.51. The molecular formula is C14H19BrN2O2. The standard InChI is InChI=1S/C14H19BrN2O2/c1-3-10(2)14(19)17(9-13(16)18)8-11-4-6-12(15)7-5-11/h4-7,10H,3,8-9H2,1-2H3,(H2,16,18). The molecule has 0 saturated carbocycles. The Morgan fingerprint density at radius 1 is 1.32 bits per heavy atom. The molecule has 0 aliphatic carbocycles. The van der Waals surface area contributed by atoms with Gasteiger partial charge in [-0.1, -0.05) is 41.9 Å². The molecule has 104 valence electrons. The summed E-state index contributed by atoms with van der Waals surface area (Å²) in [4.78, 5) is 24.8. The highest BCUT2D eigenvalue weighted by Crippen LogP contribution is 2.14. The van der Waals surface area contributed by atoms with E-state index in [1.165, 1.54) is 4.90 Å². The van der Waals surface area contributed by atoms with Gasteiger partial charge in [0.2, 0.25) is 11.8 Å². The van der Waals surface area contributed by atoms with Gasteiger partial charge in [-0.3, -0.25) is 9.59 Å². The SMILES string of the molecule is CCC(C)C(=O)N(CC(N)=O)Cc1ccc(Br)cc1. The molecule has 4 nitrogen and oxygen atoms in total. The first-order chi connectivity index (χ1) is 8.93. The van der Waals surface area contributed by atoms with Crippen molar-refractivity contribution in [3.05, 3.63) is 34.3 Å². The van der Waals surface area contributed by atoms with Crippen molar-refractivity contribution in [2.45, 2.75) is 26.8 Å². The molecular weight excluding hydrogens is 308 g/mol. The minimum absolute atomic E-state index is 0.0378. The Balaban J connectivity index is 2.82. The number of amides is 2. The summed E-state index contributed by atoms with van der Waals surface area (Å²) in [5, 5.41) is 0. The van der Waals surface area contributed by atoms with Gasteiger partial charge < -0.3 is 10.6 Å². The van der Waals surface area contributed by atoms with Gasteiger partial charge in [-0.2, -0.15) is 0 Å². The fourth-order valence-corrected chi connectivity index (χ4v) is 1.96. The fourth-order valence-electron chi connectivity index (χ4n) is 1.70. The van der Waals surface area contributed by atoms with Gasteiger partial charge in [-0.15, -0.1) is 0 Å². The minimum atomic E-state index is -0.492.